The van der Waals surface area contributed by atoms with Crippen LogP contribution in [0.4, 0.5) is 14.4 Å². The van der Waals surface area contributed by atoms with Gasteiger partial charge >= 0.3 is 18.1 Å². The summed E-state index contributed by atoms with van der Waals surface area (Å²) < 4.78 is 0. The van der Waals surface area contributed by atoms with Crippen LogP contribution in [0.1, 0.15) is 0 Å². The van der Waals surface area contributed by atoms with Crippen LogP contribution in [0.2, 0.25) is 0 Å². The molecule has 10 heteroatoms. The van der Waals surface area contributed by atoms with E-state index in [2.05, 4.69) is 22.9 Å². The molecule has 10 N–H and O–H groups in total. The number of carbonyl (C=O) groups is 4. The molecule has 0 aliphatic heterocycles. The van der Waals surface area contributed by atoms with Crippen LogP contribution >= 0.6 is 0 Å². The minimum absolute atomic E-state index is 0.833. The van der Waals surface area contributed by atoms with Gasteiger partial charge in [0.1, 0.15) is 6.79 Å². The fraction of sp³-hybridized carbons (Fsp3) is 0. The Bertz CT molecular complexity index is 176. The summed E-state index contributed by atoms with van der Waals surface area (Å²) in [4.78, 5) is 36.5. The Hall–Kier alpha value is -2.52. The van der Waals surface area contributed by atoms with E-state index >= 15 is 0 Å². The number of carbonyl (C=O) groups excluding carboxylic acids is 4. The zero-order chi connectivity index (χ0) is 12.1. The molecular weight excluding hydrogens is 196 g/mol. The van der Waals surface area contributed by atoms with Crippen LogP contribution in [-0.4, -0.2) is 24.9 Å². The minimum atomic E-state index is -0.858. The quantitative estimate of drug-likeness (QED) is 0.232. The molecule has 0 aliphatic carbocycles. The number of rotatable bonds is 0. The fourth-order valence-corrected chi connectivity index (χ4v) is 0.123. The number of hydrogen-bond acceptors (Lipinski definition) is 4. The van der Waals surface area contributed by atoms with E-state index in [1.807, 2.05) is 6.79 Å². The predicted octanol–water partition coefficient (Wildman–Crippen LogP) is -2.92. The Kier molecular flexibility index (Phi) is 16.4. The Morgan fingerprint density at radius 3 is 1.00 bits per heavy atom. The van der Waals surface area contributed by atoms with Crippen molar-refractivity contribution in [1.82, 2.24) is 10.9 Å². The van der Waals surface area contributed by atoms with E-state index in [-0.39, 0.29) is 0 Å². The molecule has 6 amide bonds. The Labute approximate surface area is 78.9 Å². The first-order valence-corrected chi connectivity index (χ1v) is 2.81. The topological polar surface area (TPSA) is 196 Å². The van der Waals surface area contributed by atoms with E-state index in [9.17, 15) is 9.59 Å². The molecule has 0 heterocycles. The maximum absolute atomic E-state index is 9.74. The molecule has 0 saturated carbocycles. The van der Waals surface area contributed by atoms with Gasteiger partial charge in [0.2, 0.25) is 0 Å². The maximum atomic E-state index is 9.74. The van der Waals surface area contributed by atoms with Gasteiger partial charge in [-0.2, -0.15) is 0 Å². The predicted molar refractivity (Wildman–Crippen MR) is 46.3 cm³/mol. The zero-order valence-electron chi connectivity index (χ0n) is 7.15. The lowest BCUT2D eigenvalue weighted by Gasteiger charge is -1.97. The number of hydrogen-bond donors (Lipinski definition) is 6. The summed E-state index contributed by atoms with van der Waals surface area (Å²) >= 11 is 0. The van der Waals surface area contributed by atoms with Crippen molar-refractivity contribution in [3.8, 4) is 0 Å². The van der Waals surface area contributed by atoms with Gasteiger partial charge in [0.15, 0.2) is 0 Å². The second-order valence-electron chi connectivity index (χ2n) is 1.38. The first kappa shape index (κ1) is 17.5. The van der Waals surface area contributed by atoms with Crippen molar-refractivity contribution in [2.24, 2.45) is 22.9 Å². The zero-order valence-corrected chi connectivity index (χ0v) is 7.15. The molecule has 0 fully saturated rings. The van der Waals surface area contributed by atoms with Crippen molar-refractivity contribution in [1.29, 1.82) is 0 Å². The lowest BCUT2D eigenvalue weighted by Crippen LogP contribution is -2.46. The van der Waals surface area contributed by atoms with E-state index in [1.165, 1.54) is 0 Å². The van der Waals surface area contributed by atoms with Gasteiger partial charge in [-0.1, -0.05) is 0 Å². The standard InChI is InChI=1S/C2H6N4O2.CH4N2O.CH2O/c3-1(7)5-6-2(4)8;2-1(3)4;1-2/h(H3,3,5,7)(H3,4,6,8);(H4,2,3,4);1H2. The monoisotopic (exact) mass is 208 g/mol. The third-order valence-corrected chi connectivity index (χ3v) is 0.309. The van der Waals surface area contributed by atoms with Gasteiger partial charge < -0.3 is 27.7 Å². The summed E-state index contributed by atoms with van der Waals surface area (Å²) in [5, 5.41) is 0. The largest absolute Gasteiger partial charge is 0.352 e. The highest BCUT2D eigenvalue weighted by Gasteiger charge is 1.89. The van der Waals surface area contributed by atoms with Crippen LogP contribution in [-0.2, 0) is 4.79 Å². The molecule has 0 spiro atoms. The molecule has 0 bridgehead atoms. The molecule has 0 atom stereocenters. The number of nitrogens with one attached hydrogen (secondary N) is 2. The van der Waals surface area contributed by atoms with Crippen molar-refractivity contribution < 1.29 is 19.2 Å². The lowest BCUT2D eigenvalue weighted by atomic mass is 11.1. The van der Waals surface area contributed by atoms with Gasteiger partial charge in [-0.05, 0) is 0 Å². The second-order valence-corrected chi connectivity index (χ2v) is 1.38. The number of urea groups is 3. The summed E-state index contributed by atoms with van der Waals surface area (Å²) in [6.45, 7) is 2.00. The maximum Gasteiger partial charge on any atom is 0.330 e. The fourth-order valence-electron chi connectivity index (χ4n) is 0.123. The van der Waals surface area contributed by atoms with E-state index in [4.69, 9.17) is 9.59 Å². The SMILES string of the molecule is C=O.NC(=O)NNC(N)=O.NC(N)=O. The molecule has 14 heavy (non-hydrogen) atoms. The van der Waals surface area contributed by atoms with E-state index in [1.54, 1.807) is 10.9 Å². The number of nitrogens with two attached hydrogens (primary N) is 4. The van der Waals surface area contributed by atoms with Crippen LogP contribution in [0.25, 0.3) is 0 Å². The Morgan fingerprint density at radius 1 is 0.786 bits per heavy atom. The minimum Gasteiger partial charge on any atom is -0.352 e. The first-order chi connectivity index (χ1) is 6.36. The highest BCUT2D eigenvalue weighted by molar-refractivity contribution is 5.77. The van der Waals surface area contributed by atoms with Gasteiger partial charge in [0.05, 0.1) is 0 Å². The highest BCUT2D eigenvalue weighted by atomic mass is 16.2. The van der Waals surface area contributed by atoms with E-state index in [0.717, 1.165) is 0 Å². The number of primary amides is 4. The van der Waals surface area contributed by atoms with Gasteiger partial charge in [-0.25, -0.2) is 25.2 Å². The van der Waals surface area contributed by atoms with E-state index in [0.29, 0.717) is 0 Å². The van der Waals surface area contributed by atoms with Crippen LogP contribution in [0, 0.1) is 0 Å². The average molecular weight is 208 g/mol. The van der Waals surface area contributed by atoms with Crippen LogP contribution < -0.4 is 33.8 Å². The van der Waals surface area contributed by atoms with Crippen molar-refractivity contribution in [2.75, 3.05) is 0 Å². The van der Waals surface area contributed by atoms with E-state index < -0.39 is 18.1 Å². The summed E-state index contributed by atoms with van der Waals surface area (Å²) in [7, 11) is 0. The molecule has 0 radical (unpaired) electrons. The third kappa shape index (κ3) is 111. The van der Waals surface area contributed by atoms with Gasteiger partial charge in [-0.3, -0.25) is 0 Å². The Balaban J connectivity index is -0.000000170. The summed E-state index contributed by atoms with van der Waals surface area (Å²) in [5.74, 6) is 0. The van der Waals surface area contributed by atoms with Gasteiger partial charge in [0, 0.05) is 0 Å². The number of amides is 6. The smallest absolute Gasteiger partial charge is 0.330 e. The van der Waals surface area contributed by atoms with Crippen molar-refractivity contribution in [2.45, 2.75) is 0 Å². The molecule has 0 rings (SSSR count). The highest BCUT2D eigenvalue weighted by Crippen LogP contribution is 1.48. The second kappa shape index (κ2) is 13.1. The van der Waals surface area contributed by atoms with Crippen molar-refractivity contribution in [3.63, 3.8) is 0 Å². The molecule has 0 aliphatic rings. The third-order valence-electron chi connectivity index (χ3n) is 0.309. The summed E-state index contributed by atoms with van der Waals surface area (Å²) in [6, 6.07) is -2.55. The van der Waals surface area contributed by atoms with Crippen LogP contribution in [0.5, 0.6) is 0 Å². The average Bonchev–Trinajstić information content (AvgIpc) is 2.03. The lowest BCUT2D eigenvalue weighted by molar-refractivity contribution is -0.0980. The number of hydrazine groups is 1. The van der Waals surface area contributed by atoms with Crippen LogP contribution in [0.3, 0.4) is 0 Å². The normalized spacial score (nSPS) is 6.29. The molecule has 82 valence electrons. The van der Waals surface area contributed by atoms with Gasteiger partial charge in [0.25, 0.3) is 0 Å². The van der Waals surface area contributed by atoms with Crippen molar-refractivity contribution in [3.05, 3.63) is 0 Å². The summed E-state index contributed by atoms with van der Waals surface area (Å²) in [6.07, 6.45) is 0. The molecule has 0 unspecified atom stereocenters. The van der Waals surface area contributed by atoms with Crippen molar-refractivity contribution >= 4 is 24.9 Å². The Morgan fingerprint density at radius 2 is 0.929 bits per heavy atom. The summed E-state index contributed by atoms with van der Waals surface area (Å²) in [5.41, 5.74) is 21.1. The molecular formula is C4H12N6O4. The molecule has 0 aromatic carbocycles. The van der Waals surface area contributed by atoms with Gasteiger partial charge in [-0.15, -0.1) is 0 Å². The van der Waals surface area contributed by atoms with Crippen LogP contribution in [0.15, 0.2) is 0 Å². The molecule has 0 aromatic rings. The molecule has 0 saturated heterocycles. The molecule has 0 aromatic heterocycles. The molecule has 10 nitrogen and oxygen atoms in total. The first-order valence-electron chi connectivity index (χ1n) is 2.81.